The van der Waals surface area contributed by atoms with Crippen LogP contribution in [0.5, 0.6) is 0 Å². The van der Waals surface area contributed by atoms with E-state index in [4.69, 9.17) is 5.73 Å². The molecule has 1 fully saturated rings. The smallest absolute Gasteiger partial charge is 0.277 e. The summed E-state index contributed by atoms with van der Waals surface area (Å²) >= 11 is 0. The first-order valence-electron chi connectivity index (χ1n) is 9.17. The lowest BCUT2D eigenvalue weighted by Crippen LogP contribution is -2.42. The van der Waals surface area contributed by atoms with Gasteiger partial charge >= 0.3 is 0 Å². The van der Waals surface area contributed by atoms with Crippen LogP contribution in [-0.2, 0) is 16.1 Å². The zero-order chi connectivity index (χ0) is 19.8. The van der Waals surface area contributed by atoms with E-state index in [2.05, 4.69) is 9.97 Å². The van der Waals surface area contributed by atoms with Crippen molar-refractivity contribution in [2.45, 2.75) is 25.8 Å². The number of aromatic nitrogens is 3. The molecule has 8 nitrogen and oxygen atoms in total. The number of aryl methyl sites for hydroxylation is 1. The van der Waals surface area contributed by atoms with Crippen LogP contribution >= 0.6 is 0 Å². The number of piperidine rings is 1. The van der Waals surface area contributed by atoms with Crippen LogP contribution in [0.15, 0.2) is 29.3 Å². The normalized spacial score (nSPS) is 15.4. The zero-order valence-corrected chi connectivity index (χ0v) is 15.2. The number of nitrogens with one attached hydrogen (secondary N) is 1. The number of hydrogen-bond donors (Lipinski definition) is 2. The SMILES string of the molecule is NC(=O)C1CCN(C(=O)CCn2cnc3c([nH]c4ccc(F)cc43)c2=O)CC1. The summed E-state index contributed by atoms with van der Waals surface area (Å²) in [7, 11) is 0. The molecule has 3 aromatic rings. The molecule has 1 saturated heterocycles. The van der Waals surface area contributed by atoms with Gasteiger partial charge < -0.3 is 15.6 Å². The summed E-state index contributed by atoms with van der Waals surface area (Å²) in [5, 5.41) is 0.549. The Morgan fingerprint density at radius 1 is 1.29 bits per heavy atom. The summed E-state index contributed by atoms with van der Waals surface area (Å²) in [6.07, 6.45) is 2.68. The Morgan fingerprint density at radius 2 is 2.04 bits per heavy atom. The van der Waals surface area contributed by atoms with E-state index in [9.17, 15) is 18.8 Å². The summed E-state index contributed by atoms with van der Waals surface area (Å²) < 4.78 is 14.9. The van der Waals surface area contributed by atoms with Crippen LogP contribution in [0.25, 0.3) is 21.9 Å². The topological polar surface area (TPSA) is 114 Å². The van der Waals surface area contributed by atoms with Gasteiger partial charge in [0.15, 0.2) is 0 Å². The Labute approximate surface area is 159 Å². The number of nitrogens with zero attached hydrogens (tertiary/aromatic N) is 3. The van der Waals surface area contributed by atoms with Crippen LogP contribution in [0.3, 0.4) is 0 Å². The van der Waals surface area contributed by atoms with E-state index in [1.54, 1.807) is 11.0 Å². The van der Waals surface area contributed by atoms with Crippen LogP contribution in [0, 0.1) is 11.7 Å². The summed E-state index contributed by atoms with van der Waals surface area (Å²) in [5.74, 6) is -0.972. The molecule has 146 valence electrons. The van der Waals surface area contributed by atoms with Gasteiger partial charge in [-0.3, -0.25) is 19.0 Å². The minimum absolute atomic E-state index is 0.0753. The molecule has 2 amide bonds. The number of rotatable bonds is 4. The monoisotopic (exact) mass is 385 g/mol. The van der Waals surface area contributed by atoms with Crippen molar-refractivity contribution in [3.8, 4) is 0 Å². The van der Waals surface area contributed by atoms with Crippen LogP contribution in [0.2, 0.25) is 0 Å². The zero-order valence-electron chi connectivity index (χ0n) is 15.2. The minimum atomic E-state index is -0.398. The van der Waals surface area contributed by atoms with E-state index in [1.165, 1.54) is 23.0 Å². The molecule has 4 rings (SSSR count). The van der Waals surface area contributed by atoms with E-state index in [1.807, 2.05) is 0 Å². The van der Waals surface area contributed by atoms with Crippen LogP contribution in [0.4, 0.5) is 4.39 Å². The van der Waals surface area contributed by atoms with Gasteiger partial charge in [0.05, 0.1) is 6.33 Å². The maximum absolute atomic E-state index is 13.5. The van der Waals surface area contributed by atoms with Crippen LogP contribution < -0.4 is 11.3 Å². The number of likely N-dealkylation sites (tertiary alicyclic amines) is 1. The number of benzene rings is 1. The lowest BCUT2D eigenvalue weighted by Gasteiger charge is -2.30. The molecule has 0 bridgehead atoms. The predicted octanol–water partition coefficient (Wildman–Crippen LogP) is 1.13. The van der Waals surface area contributed by atoms with E-state index >= 15 is 0 Å². The summed E-state index contributed by atoms with van der Waals surface area (Å²) in [4.78, 5) is 45.3. The molecule has 3 N–H and O–H groups in total. The third-order valence-electron chi connectivity index (χ3n) is 5.35. The number of halogens is 1. The van der Waals surface area contributed by atoms with Gasteiger partial charge in [-0.15, -0.1) is 0 Å². The molecule has 3 heterocycles. The number of primary amides is 1. The highest BCUT2D eigenvalue weighted by Gasteiger charge is 2.25. The van der Waals surface area contributed by atoms with Crippen LogP contribution in [0.1, 0.15) is 19.3 Å². The second kappa shape index (κ2) is 7.06. The van der Waals surface area contributed by atoms with Crippen molar-refractivity contribution in [1.82, 2.24) is 19.4 Å². The lowest BCUT2D eigenvalue weighted by molar-refractivity contribution is -0.135. The van der Waals surface area contributed by atoms with Crippen molar-refractivity contribution < 1.29 is 14.0 Å². The van der Waals surface area contributed by atoms with Gasteiger partial charge in [0.2, 0.25) is 11.8 Å². The fourth-order valence-corrected chi connectivity index (χ4v) is 3.71. The Morgan fingerprint density at radius 3 is 2.75 bits per heavy atom. The molecular weight excluding hydrogens is 365 g/mol. The van der Waals surface area contributed by atoms with Gasteiger partial charge in [-0.25, -0.2) is 9.37 Å². The standard InChI is InChI=1S/C19H20FN5O3/c20-12-1-2-14-13(9-12)16-17(23-14)19(28)25(10-22-16)8-5-15(26)24-6-3-11(4-7-24)18(21)27/h1-2,9-11,23H,3-8H2,(H2,21,27). The largest absolute Gasteiger partial charge is 0.369 e. The molecule has 1 aliphatic rings. The number of H-pyrrole nitrogens is 1. The molecule has 0 atom stereocenters. The highest BCUT2D eigenvalue weighted by molar-refractivity contribution is 6.04. The highest BCUT2D eigenvalue weighted by Crippen LogP contribution is 2.22. The third-order valence-corrected chi connectivity index (χ3v) is 5.35. The van der Waals surface area contributed by atoms with Gasteiger partial charge in [-0.05, 0) is 31.0 Å². The van der Waals surface area contributed by atoms with Gasteiger partial charge in [0, 0.05) is 42.9 Å². The Bertz CT molecular complexity index is 1130. The van der Waals surface area contributed by atoms with Crippen molar-refractivity contribution in [1.29, 1.82) is 0 Å². The fraction of sp³-hybridized carbons (Fsp3) is 0.368. The molecule has 1 aromatic carbocycles. The number of amides is 2. The summed E-state index contributed by atoms with van der Waals surface area (Å²) in [5.41, 5.74) is 6.34. The van der Waals surface area contributed by atoms with Crippen molar-refractivity contribution in [2.75, 3.05) is 13.1 Å². The molecule has 0 saturated carbocycles. The van der Waals surface area contributed by atoms with Gasteiger partial charge in [0.1, 0.15) is 16.9 Å². The molecule has 0 unspecified atom stereocenters. The van der Waals surface area contributed by atoms with Crippen molar-refractivity contribution >= 4 is 33.8 Å². The average molecular weight is 385 g/mol. The molecule has 0 aliphatic carbocycles. The van der Waals surface area contributed by atoms with Gasteiger partial charge in [-0.1, -0.05) is 0 Å². The first-order chi connectivity index (χ1) is 13.4. The lowest BCUT2D eigenvalue weighted by atomic mass is 9.96. The van der Waals surface area contributed by atoms with Crippen molar-refractivity contribution in [2.24, 2.45) is 11.7 Å². The molecule has 1 aliphatic heterocycles. The molecule has 2 aromatic heterocycles. The minimum Gasteiger partial charge on any atom is -0.369 e. The average Bonchev–Trinajstić information content (AvgIpc) is 3.06. The molecule has 28 heavy (non-hydrogen) atoms. The van der Waals surface area contributed by atoms with Crippen LogP contribution in [-0.4, -0.2) is 44.3 Å². The Hall–Kier alpha value is -3.23. The second-order valence-electron chi connectivity index (χ2n) is 7.09. The molecule has 0 spiro atoms. The van der Waals surface area contributed by atoms with E-state index in [-0.39, 0.29) is 41.8 Å². The van der Waals surface area contributed by atoms with Crippen molar-refractivity contribution in [3.63, 3.8) is 0 Å². The Kier molecular flexibility index (Phi) is 4.58. The van der Waals surface area contributed by atoms with Gasteiger partial charge in [-0.2, -0.15) is 0 Å². The van der Waals surface area contributed by atoms with Crippen molar-refractivity contribution in [3.05, 3.63) is 40.7 Å². The molecule has 0 radical (unpaired) electrons. The maximum atomic E-state index is 13.5. The second-order valence-corrected chi connectivity index (χ2v) is 7.09. The number of hydrogen-bond acceptors (Lipinski definition) is 4. The van der Waals surface area contributed by atoms with E-state index in [0.717, 1.165) is 0 Å². The predicted molar refractivity (Wildman–Crippen MR) is 101 cm³/mol. The highest BCUT2D eigenvalue weighted by atomic mass is 19.1. The first kappa shape index (κ1) is 18.1. The van der Waals surface area contributed by atoms with E-state index in [0.29, 0.717) is 42.4 Å². The molecule has 9 heteroatoms. The Balaban J connectivity index is 1.49. The fourth-order valence-electron chi connectivity index (χ4n) is 3.71. The summed E-state index contributed by atoms with van der Waals surface area (Å²) in [6, 6.07) is 4.22. The number of carbonyl (C=O) groups is 2. The maximum Gasteiger partial charge on any atom is 0.277 e. The number of carbonyl (C=O) groups excluding carboxylic acids is 2. The quantitative estimate of drug-likeness (QED) is 0.701. The number of aromatic amines is 1. The number of nitrogens with two attached hydrogens (primary N) is 1. The molecular formula is C19H20FN5O3. The summed E-state index contributed by atoms with van der Waals surface area (Å²) in [6.45, 7) is 1.18. The van der Waals surface area contributed by atoms with Gasteiger partial charge in [0.25, 0.3) is 5.56 Å². The van der Waals surface area contributed by atoms with E-state index < -0.39 is 5.82 Å². The number of fused-ring (bicyclic) bond motifs is 3. The third kappa shape index (κ3) is 3.23. The first-order valence-corrected chi connectivity index (χ1v) is 9.17.